The van der Waals surface area contributed by atoms with Crippen molar-refractivity contribution >= 4 is 16.9 Å². The Labute approximate surface area is 98.1 Å². The maximum absolute atomic E-state index is 11.9. The highest BCUT2D eigenvalue weighted by atomic mass is 32.2. The minimum atomic E-state index is -4.06. The third-order valence-electron chi connectivity index (χ3n) is 2.39. The number of aliphatic imine (C=N–C) groups is 1. The van der Waals surface area contributed by atoms with Gasteiger partial charge in [0.25, 0.3) is 0 Å². The monoisotopic (exact) mass is 254 g/mol. The Balaban J connectivity index is 2.22. The summed E-state index contributed by atoms with van der Waals surface area (Å²) in [7, 11) is 0. The van der Waals surface area contributed by atoms with Gasteiger partial charge >= 0.3 is 6.18 Å². The van der Waals surface area contributed by atoms with E-state index in [2.05, 4.69) is 24.2 Å². The smallest absolute Gasteiger partial charge is 0.361 e. The number of rotatable bonds is 4. The lowest BCUT2D eigenvalue weighted by molar-refractivity contribution is -0.134. The molecule has 0 radical (unpaired) electrons. The van der Waals surface area contributed by atoms with Gasteiger partial charge < -0.3 is 5.32 Å². The molecule has 94 valence electrons. The normalized spacial score (nSPS) is 24.1. The summed E-state index contributed by atoms with van der Waals surface area (Å²) in [6.07, 6.45) is -4.74. The molecule has 1 atom stereocenters. The van der Waals surface area contributed by atoms with E-state index in [1.807, 2.05) is 0 Å². The molecule has 1 aliphatic heterocycles. The number of alkyl halides is 3. The van der Waals surface area contributed by atoms with E-state index < -0.39 is 12.6 Å². The van der Waals surface area contributed by atoms with Gasteiger partial charge in [-0.25, -0.2) is 0 Å². The number of nitrogens with zero attached hydrogens (tertiary/aromatic N) is 1. The Morgan fingerprint density at radius 1 is 1.50 bits per heavy atom. The lowest BCUT2D eigenvalue weighted by atomic mass is 10.1. The van der Waals surface area contributed by atoms with Crippen LogP contribution in [0.1, 0.15) is 26.7 Å². The van der Waals surface area contributed by atoms with Crippen LogP contribution in [-0.4, -0.2) is 29.7 Å². The molecular weight excluding hydrogens is 237 g/mol. The summed E-state index contributed by atoms with van der Waals surface area (Å²) in [4.78, 5) is 4.13. The molecule has 0 saturated carbocycles. The third kappa shape index (κ3) is 5.09. The fraction of sp³-hybridized carbons (Fsp3) is 0.900. The molecule has 0 aromatic carbocycles. The molecule has 1 fully saturated rings. The Kier molecular flexibility index (Phi) is 4.95. The van der Waals surface area contributed by atoms with Gasteiger partial charge in [0, 0.05) is 24.8 Å². The molecule has 0 aromatic rings. The second kappa shape index (κ2) is 5.80. The molecule has 0 spiro atoms. The van der Waals surface area contributed by atoms with Crippen molar-refractivity contribution in [3.8, 4) is 0 Å². The Bertz CT molecular complexity index is 251. The highest BCUT2D eigenvalue weighted by Gasteiger charge is 2.26. The lowest BCUT2D eigenvalue weighted by Gasteiger charge is -2.13. The Hall–Kier alpha value is -0.390. The third-order valence-corrected chi connectivity index (χ3v) is 3.43. The molecule has 6 heteroatoms. The fourth-order valence-corrected chi connectivity index (χ4v) is 2.54. The van der Waals surface area contributed by atoms with Crippen LogP contribution in [0.15, 0.2) is 4.99 Å². The van der Waals surface area contributed by atoms with Crippen LogP contribution < -0.4 is 5.32 Å². The average molecular weight is 254 g/mol. The number of amidine groups is 1. The van der Waals surface area contributed by atoms with Crippen molar-refractivity contribution in [3.05, 3.63) is 0 Å². The molecule has 1 aliphatic rings. The summed E-state index contributed by atoms with van der Waals surface area (Å²) in [6, 6.07) is 0.395. The van der Waals surface area contributed by atoms with Gasteiger partial charge in [-0.2, -0.15) is 13.2 Å². The van der Waals surface area contributed by atoms with Crippen molar-refractivity contribution < 1.29 is 13.2 Å². The van der Waals surface area contributed by atoms with E-state index in [4.69, 9.17) is 0 Å². The van der Waals surface area contributed by atoms with Gasteiger partial charge in [0.1, 0.15) is 0 Å². The molecule has 0 aliphatic carbocycles. The number of hydrogen-bond donors (Lipinski definition) is 1. The van der Waals surface area contributed by atoms with E-state index in [9.17, 15) is 13.2 Å². The van der Waals surface area contributed by atoms with E-state index in [-0.39, 0.29) is 13.0 Å². The highest BCUT2D eigenvalue weighted by molar-refractivity contribution is 8.14. The van der Waals surface area contributed by atoms with Gasteiger partial charge in [0.05, 0.1) is 0 Å². The van der Waals surface area contributed by atoms with E-state index in [1.165, 1.54) is 0 Å². The van der Waals surface area contributed by atoms with Gasteiger partial charge in [-0.05, 0) is 12.3 Å². The first-order valence-electron chi connectivity index (χ1n) is 5.39. The maximum Gasteiger partial charge on any atom is 0.389 e. The standard InChI is InChI=1S/C10H17F3N2S/c1-7(2)8-6-16-9(15-8)14-5-3-4-10(11,12)13/h7-8H,3-6H2,1-2H3,(H,14,15). The van der Waals surface area contributed by atoms with Crippen LogP contribution in [0.2, 0.25) is 0 Å². The summed E-state index contributed by atoms with van der Waals surface area (Å²) in [6.45, 7) is 4.48. The van der Waals surface area contributed by atoms with E-state index >= 15 is 0 Å². The van der Waals surface area contributed by atoms with Crippen LogP contribution in [-0.2, 0) is 0 Å². The zero-order valence-corrected chi connectivity index (χ0v) is 10.3. The second-order valence-corrected chi connectivity index (χ2v) is 5.22. The van der Waals surface area contributed by atoms with Gasteiger partial charge in [0.15, 0.2) is 5.17 Å². The summed E-state index contributed by atoms with van der Waals surface area (Å²) in [5, 5.41) is 4.01. The van der Waals surface area contributed by atoms with Gasteiger partial charge in [-0.3, -0.25) is 4.99 Å². The van der Waals surface area contributed by atoms with Gasteiger partial charge in [-0.15, -0.1) is 0 Å². The predicted octanol–water partition coefficient (Wildman–Crippen LogP) is 3.05. The molecule has 1 rings (SSSR count). The van der Waals surface area contributed by atoms with Crippen molar-refractivity contribution in [1.82, 2.24) is 5.32 Å². The van der Waals surface area contributed by atoms with Gasteiger partial charge in [-0.1, -0.05) is 25.6 Å². The first-order valence-corrected chi connectivity index (χ1v) is 6.37. The molecule has 1 N–H and O–H groups in total. The topological polar surface area (TPSA) is 24.4 Å². The molecule has 1 heterocycles. The molecule has 0 amide bonds. The molecule has 1 unspecified atom stereocenters. The van der Waals surface area contributed by atoms with Crippen molar-refractivity contribution in [2.75, 3.05) is 12.3 Å². The number of halogens is 3. The second-order valence-electron chi connectivity index (χ2n) is 4.21. The highest BCUT2D eigenvalue weighted by Crippen LogP contribution is 2.22. The van der Waals surface area contributed by atoms with Crippen molar-refractivity contribution in [1.29, 1.82) is 0 Å². The van der Waals surface area contributed by atoms with Crippen molar-refractivity contribution in [2.24, 2.45) is 10.9 Å². The minimum Gasteiger partial charge on any atom is -0.361 e. The van der Waals surface area contributed by atoms with E-state index in [1.54, 1.807) is 11.8 Å². The maximum atomic E-state index is 11.9. The lowest BCUT2D eigenvalue weighted by Crippen LogP contribution is -2.31. The van der Waals surface area contributed by atoms with Crippen LogP contribution in [0.5, 0.6) is 0 Å². The SMILES string of the molecule is CC(C)C1CSC(=NCCCC(F)(F)F)N1. The average Bonchev–Trinajstić information content (AvgIpc) is 2.59. The minimum absolute atomic E-state index is 0.0710. The fourth-order valence-electron chi connectivity index (χ4n) is 1.32. The number of nitrogens with one attached hydrogen (secondary N) is 1. The van der Waals surface area contributed by atoms with Crippen LogP contribution in [0.4, 0.5) is 13.2 Å². The largest absolute Gasteiger partial charge is 0.389 e. The van der Waals surface area contributed by atoms with E-state index in [0.29, 0.717) is 12.0 Å². The summed E-state index contributed by atoms with van der Waals surface area (Å²) in [5.41, 5.74) is 0. The zero-order chi connectivity index (χ0) is 12.2. The quantitative estimate of drug-likeness (QED) is 0.780. The molecular formula is C10H17F3N2S. The zero-order valence-electron chi connectivity index (χ0n) is 9.47. The Morgan fingerprint density at radius 2 is 2.19 bits per heavy atom. The first kappa shape index (κ1) is 13.7. The molecule has 0 aromatic heterocycles. The van der Waals surface area contributed by atoms with Crippen LogP contribution in [0.3, 0.4) is 0 Å². The van der Waals surface area contributed by atoms with Crippen LogP contribution in [0.25, 0.3) is 0 Å². The molecule has 16 heavy (non-hydrogen) atoms. The molecule has 2 nitrogen and oxygen atoms in total. The van der Waals surface area contributed by atoms with Crippen LogP contribution in [0, 0.1) is 5.92 Å². The Morgan fingerprint density at radius 3 is 2.69 bits per heavy atom. The van der Waals surface area contributed by atoms with Crippen LogP contribution >= 0.6 is 11.8 Å². The van der Waals surface area contributed by atoms with E-state index in [0.717, 1.165) is 10.9 Å². The molecule has 1 saturated heterocycles. The first-order chi connectivity index (χ1) is 7.38. The number of thioether (sulfide) groups is 1. The summed E-state index contributed by atoms with van der Waals surface area (Å²) < 4.78 is 35.6. The summed E-state index contributed by atoms with van der Waals surface area (Å²) >= 11 is 1.59. The number of hydrogen-bond acceptors (Lipinski definition) is 2. The van der Waals surface area contributed by atoms with Crippen molar-refractivity contribution in [3.63, 3.8) is 0 Å². The predicted molar refractivity (Wildman–Crippen MR) is 61.8 cm³/mol. The summed E-state index contributed by atoms with van der Waals surface area (Å²) in [5.74, 6) is 1.48. The molecule has 0 bridgehead atoms. The van der Waals surface area contributed by atoms with Crippen molar-refractivity contribution in [2.45, 2.75) is 38.9 Å². The van der Waals surface area contributed by atoms with Gasteiger partial charge in [0.2, 0.25) is 0 Å².